The fourth-order valence-electron chi connectivity index (χ4n) is 1.57. The SMILES string of the molecule is CC(C)SCC(=O)Nc1nc(-c2cccn2C)cs1. The second kappa shape index (κ2) is 6.25. The van der Waals surface area contributed by atoms with Gasteiger partial charge >= 0.3 is 0 Å². The molecule has 0 aliphatic carbocycles. The Morgan fingerprint density at radius 1 is 1.58 bits per heavy atom. The van der Waals surface area contributed by atoms with Crippen LogP contribution in [-0.4, -0.2) is 26.5 Å². The van der Waals surface area contributed by atoms with E-state index in [4.69, 9.17) is 0 Å². The Balaban J connectivity index is 1.98. The molecule has 0 aliphatic heterocycles. The number of hydrogen-bond acceptors (Lipinski definition) is 4. The van der Waals surface area contributed by atoms with E-state index in [2.05, 4.69) is 24.1 Å². The van der Waals surface area contributed by atoms with Crippen molar-refractivity contribution in [2.45, 2.75) is 19.1 Å². The van der Waals surface area contributed by atoms with Crippen LogP contribution in [0.2, 0.25) is 0 Å². The lowest BCUT2D eigenvalue weighted by atomic mass is 10.3. The molecule has 6 heteroatoms. The number of amides is 1. The maximum atomic E-state index is 11.7. The molecule has 2 aromatic heterocycles. The summed E-state index contributed by atoms with van der Waals surface area (Å²) in [7, 11) is 1.98. The highest BCUT2D eigenvalue weighted by Gasteiger charge is 2.10. The minimum absolute atomic E-state index is 0.00600. The number of thiazole rings is 1. The highest BCUT2D eigenvalue weighted by atomic mass is 32.2. The van der Waals surface area contributed by atoms with Gasteiger partial charge in [0.25, 0.3) is 0 Å². The fraction of sp³-hybridized carbons (Fsp3) is 0.385. The fourth-order valence-corrected chi connectivity index (χ4v) is 2.85. The van der Waals surface area contributed by atoms with E-state index in [1.54, 1.807) is 11.8 Å². The van der Waals surface area contributed by atoms with Crippen LogP contribution in [0.5, 0.6) is 0 Å². The van der Waals surface area contributed by atoms with E-state index in [0.717, 1.165) is 11.4 Å². The minimum Gasteiger partial charge on any atom is -0.349 e. The van der Waals surface area contributed by atoms with Gasteiger partial charge in [0.2, 0.25) is 5.91 Å². The van der Waals surface area contributed by atoms with Crippen molar-refractivity contribution < 1.29 is 4.79 Å². The largest absolute Gasteiger partial charge is 0.349 e. The van der Waals surface area contributed by atoms with Gasteiger partial charge < -0.3 is 9.88 Å². The van der Waals surface area contributed by atoms with E-state index in [1.807, 2.05) is 35.3 Å². The van der Waals surface area contributed by atoms with Gasteiger partial charge in [-0.05, 0) is 17.4 Å². The van der Waals surface area contributed by atoms with Gasteiger partial charge in [0, 0.05) is 18.6 Å². The molecular weight excluding hydrogens is 278 g/mol. The summed E-state index contributed by atoms with van der Waals surface area (Å²) < 4.78 is 2.01. The third-order valence-corrected chi connectivity index (χ3v) is 4.36. The first kappa shape index (κ1) is 14.1. The molecule has 2 aromatic rings. The average molecular weight is 295 g/mol. The number of rotatable bonds is 5. The van der Waals surface area contributed by atoms with Crippen molar-refractivity contribution in [2.24, 2.45) is 7.05 Å². The van der Waals surface area contributed by atoms with Crippen LogP contribution in [0, 0.1) is 0 Å². The zero-order valence-electron chi connectivity index (χ0n) is 11.2. The molecule has 0 radical (unpaired) electrons. The van der Waals surface area contributed by atoms with Crippen LogP contribution in [-0.2, 0) is 11.8 Å². The van der Waals surface area contributed by atoms with Crippen molar-refractivity contribution in [3.05, 3.63) is 23.7 Å². The molecule has 0 spiro atoms. The molecule has 19 heavy (non-hydrogen) atoms. The molecule has 1 N–H and O–H groups in total. The first-order chi connectivity index (χ1) is 9.06. The molecular formula is C13H17N3OS2. The molecule has 1 amide bonds. The number of anilines is 1. The summed E-state index contributed by atoms with van der Waals surface area (Å²) in [5, 5.41) is 5.91. The van der Waals surface area contributed by atoms with E-state index < -0.39 is 0 Å². The van der Waals surface area contributed by atoms with Crippen LogP contribution in [0.3, 0.4) is 0 Å². The molecule has 0 aliphatic rings. The van der Waals surface area contributed by atoms with E-state index in [9.17, 15) is 4.79 Å². The number of carbonyl (C=O) groups excluding carboxylic acids is 1. The second-order valence-electron chi connectivity index (χ2n) is 4.45. The lowest BCUT2D eigenvalue weighted by Gasteiger charge is -2.04. The molecule has 4 nitrogen and oxygen atoms in total. The number of carbonyl (C=O) groups is 1. The normalized spacial score (nSPS) is 10.9. The Bertz CT molecular complexity index is 560. The summed E-state index contributed by atoms with van der Waals surface area (Å²) in [6.07, 6.45) is 1.98. The number of aromatic nitrogens is 2. The van der Waals surface area contributed by atoms with Crippen LogP contribution in [0.15, 0.2) is 23.7 Å². The Morgan fingerprint density at radius 3 is 3.00 bits per heavy atom. The van der Waals surface area contributed by atoms with Gasteiger partial charge in [0.05, 0.1) is 17.1 Å². The highest BCUT2D eigenvalue weighted by molar-refractivity contribution is 8.00. The van der Waals surface area contributed by atoms with Gasteiger partial charge in [-0.25, -0.2) is 4.98 Å². The molecule has 0 saturated heterocycles. The van der Waals surface area contributed by atoms with Crippen LogP contribution < -0.4 is 5.32 Å². The monoisotopic (exact) mass is 295 g/mol. The number of nitrogens with zero attached hydrogens (tertiary/aromatic N) is 2. The van der Waals surface area contributed by atoms with Gasteiger partial charge in [0.15, 0.2) is 5.13 Å². The number of thioether (sulfide) groups is 1. The summed E-state index contributed by atoms with van der Waals surface area (Å²) in [5.41, 5.74) is 1.94. The van der Waals surface area contributed by atoms with E-state index >= 15 is 0 Å². The molecule has 0 aromatic carbocycles. The maximum absolute atomic E-state index is 11.7. The van der Waals surface area contributed by atoms with Gasteiger partial charge in [-0.3, -0.25) is 4.79 Å². The summed E-state index contributed by atoms with van der Waals surface area (Å²) >= 11 is 3.08. The first-order valence-electron chi connectivity index (χ1n) is 6.05. The van der Waals surface area contributed by atoms with Crippen LogP contribution in [0.25, 0.3) is 11.4 Å². The van der Waals surface area contributed by atoms with Crippen molar-refractivity contribution >= 4 is 34.1 Å². The van der Waals surface area contributed by atoms with Gasteiger partial charge in [-0.1, -0.05) is 13.8 Å². The molecule has 2 rings (SSSR count). The standard InChI is InChI=1S/C13H17N3OS2/c1-9(2)18-8-12(17)15-13-14-10(7-19-13)11-5-4-6-16(11)3/h4-7,9H,8H2,1-3H3,(H,14,15,17). The Hall–Kier alpha value is -1.27. The quantitative estimate of drug-likeness (QED) is 0.921. The van der Waals surface area contributed by atoms with Crippen molar-refractivity contribution in [1.82, 2.24) is 9.55 Å². The van der Waals surface area contributed by atoms with Crippen molar-refractivity contribution in [1.29, 1.82) is 0 Å². The number of aryl methyl sites for hydroxylation is 1. The molecule has 0 fully saturated rings. The number of hydrogen-bond donors (Lipinski definition) is 1. The van der Waals surface area contributed by atoms with Gasteiger partial charge in [-0.2, -0.15) is 0 Å². The van der Waals surface area contributed by atoms with Gasteiger partial charge in [0.1, 0.15) is 0 Å². The van der Waals surface area contributed by atoms with Crippen molar-refractivity contribution in [3.8, 4) is 11.4 Å². The van der Waals surface area contributed by atoms with E-state index in [-0.39, 0.29) is 5.91 Å². The summed E-state index contributed by atoms with van der Waals surface area (Å²) in [6, 6.07) is 3.99. The Kier molecular flexibility index (Phi) is 4.66. The third-order valence-electron chi connectivity index (χ3n) is 2.50. The zero-order valence-corrected chi connectivity index (χ0v) is 12.8. The third kappa shape index (κ3) is 3.84. The Morgan fingerprint density at radius 2 is 2.37 bits per heavy atom. The Labute approximate surface area is 121 Å². The molecule has 0 atom stereocenters. The van der Waals surface area contributed by atoms with Crippen LogP contribution >= 0.6 is 23.1 Å². The lowest BCUT2D eigenvalue weighted by molar-refractivity contribution is -0.113. The summed E-state index contributed by atoms with van der Waals surface area (Å²) in [5.74, 6) is 0.475. The predicted octanol–water partition coefficient (Wildman–Crippen LogP) is 3.23. The molecule has 0 bridgehead atoms. The van der Waals surface area contributed by atoms with Crippen molar-refractivity contribution in [2.75, 3.05) is 11.1 Å². The smallest absolute Gasteiger partial charge is 0.236 e. The number of nitrogens with one attached hydrogen (secondary N) is 1. The van der Waals surface area contributed by atoms with E-state index in [1.165, 1.54) is 11.3 Å². The van der Waals surface area contributed by atoms with Crippen LogP contribution in [0.4, 0.5) is 5.13 Å². The second-order valence-corrected chi connectivity index (χ2v) is 6.87. The molecule has 0 saturated carbocycles. The lowest BCUT2D eigenvalue weighted by Crippen LogP contribution is -2.15. The minimum atomic E-state index is 0.00600. The molecule has 0 unspecified atom stereocenters. The van der Waals surface area contributed by atoms with Gasteiger partial charge in [-0.15, -0.1) is 23.1 Å². The van der Waals surface area contributed by atoms with Crippen LogP contribution in [0.1, 0.15) is 13.8 Å². The average Bonchev–Trinajstić information content (AvgIpc) is 2.95. The molecule has 102 valence electrons. The highest BCUT2D eigenvalue weighted by Crippen LogP contribution is 2.25. The first-order valence-corrected chi connectivity index (χ1v) is 7.98. The predicted molar refractivity (Wildman–Crippen MR) is 82.7 cm³/mol. The maximum Gasteiger partial charge on any atom is 0.236 e. The summed E-state index contributed by atoms with van der Waals surface area (Å²) in [4.78, 5) is 16.1. The van der Waals surface area contributed by atoms with Crippen molar-refractivity contribution in [3.63, 3.8) is 0 Å². The molecule has 2 heterocycles. The van der Waals surface area contributed by atoms with E-state index in [0.29, 0.717) is 16.1 Å². The zero-order chi connectivity index (χ0) is 13.8. The summed E-state index contributed by atoms with van der Waals surface area (Å²) in [6.45, 7) is 4.16. The topological polar surface area (TPSA) is 46.9 Å².